The molecule has 12 heteroatoms. The lowest BCUT2D eigenvalue weighted by Crippen LogP contribution is -2.51. The molecule has 2 N–H and O–H groups in total. The van der Waals surface area contributed by atoms with Gasteiger partial charge in [-0.25, -0.2) is 13.6 Å². The van der Waals surface area contributed by atoms with Gasteiger partial charge < -0.3 is 24.8 Å². The first-order valence-electron chi connectivity index (χ1n) is 15.0. The van der Waals surface area contributed by atoms with E-state index in [9.17, 15) is 18.4 Å². The molecule has 4 aromatic rings. The predicted octanol–water partition coefficient (Wildman–Crippen LogP) is 3.69. The van der Waals surface area contributed by atoms with Crippen LogP contribution in [0.25, 0.3) is 0 Å². The zero-order valence-electron chi connectivity index (χ0n) is 26.5. The molecule has 0 unspecified atom stereocenters. The van der Waals surface area contributed by atoms with Crippen LogP contribution in [0.2, 0.25) is 0 Å². The first kappa shape index (κ1) is 32.7. The molecule has 0 radical (unpaired) electrons. The van der Waals surface area contributed by atoms with Gasteiger partial charge in [0.05, 0.1) is 34.4 Å². The van der Waals surface area contributed by atoms with Crippen LogP contribution in [0, 0.1) is 18.6 Å². The minimum Gasteiger partial charge on any atom is -0.493 e. The summed E-state index contributed by atoms with van der Waals surface area (Å²) in [6, 6.07) is 15.9. The second kappa shape index (κ2) is 14.2. The van der Waals surface area contributed by atoms with Crippen LogP contribution in [-0.4, -0.2) is 61.5 Å². The van der Waals surface area contributed by atoms with Gasteiger partial charge in [-0.3, -0.25) is 18.8 Å². The maximum absolute atomic E-state index is 14.7. The zero-order chi connectivity index (χ0) is 33.0. The number of nitrogens with zero attached hydrogens (tertiary/aromatic N) is 4. The Morgan fingerprint density at radius 1 is 0.804 bits per heavy atom. The lowest BCUT2D eigenvalue weighted by atomic mass is 10.1. The Kier molecular flexibility index (Phi) is 10.1. The zero-order valence-corrected chi connectivity index (χ0v) is 26.5. The summed E-state index contributed by atoms with van der Waals surface area (Å²) in [6.07, 6.45) is 0. The van der Waals surface area contributed by atoms with E-state index in [1.165, 1.54) is 10.6 Å². The van der Waals surface area contributed by atoms with E-state index < -0.39 is 28.9 Å². The van der Waals surface area contributed by atoms with E-state index in [0.29, 0.717) is 61.4 Å². The molecule has 1 aliphatic heterocycles. The lowest BCUT2D eigenvalue weighted by Gasteiger charge is -2.37. The second-order valence-electron chi connectivity index (χ2n) is 11.2. The molecule has 10 nitrogen and oxygen atoms in total. The van der Waals surface area contributed by atoms with Crippen LogP contribution in [0.3, 0.4) is 0 Å². The molecule has 1 fully saturated rings. The molecule has 2 heterocycles. The number of nitrogens with two attached hydrogens (primary N) is 1. The molecule has 5 rings (SSSR count). The van der Waals surface area contributed by atoms with Gasteiger partial charge in [-0.2, -0.15) is 0 Å². The number of methoxy groups -OCH3 is 3. The van der Waals surface area contributed by atoms with Crippen molar-refractivity contribution in [3.05, 3.63) is 116 Å². The van der Waals surface area contributed by atoms with E-state index in [1.54, 1.807) is 28.3 Å². The molecule has 3 aromatic carbocycles. The molecule has 1 atom stereocenters. The average Bonchev–Trinajstić information content (AvgIpc) is 3.06. The molecule has 0 spiro atoms. The van der Waals surface area contributed by atoms with Crippen molar-refractivity contribution < 1.29 is 23.0 Å². The van der Waals surface area contributed by atoms with Crippen molar-refractivity contribution in [2.24, 2.45) is 5.73 Å². The molecule has 0 amide bonds. The summed E-state index contributed by atoms with van der Waals surface area (Å²) in [5.41, 5.74) is 7.40. The highest BCUT2D eigenvalue weighted by Gasteiger charge is 2.27. The smallest absolute Gasteiger partial charge is 0.331 e. The summed E-state index contributed by atoms with van der Waals surface area (Å²) in [4.78, 5) is 32.0. The monoisotopic (exact) mass is 635 g/mol. The first-order chi connectivity index (χ1) is 22.2. The van der Waals surface area contributed by atoms with Crippen molar-refractivity contribution in [1.82, 2.24) is 14.0 Å². The molecule has 1 aliphatic rings. The second-order valence-corrected chi connectivity index (χ2v) is 11.2. The molecular formula is C34H39F2N5O5. The SMILES string of the molecule is COc1cc(CN2CCN(c3c(C)n(Cc4c(F)cccc4F)c(=O)n(C[C@H](N)c4ccccc4)c3=O)CC2)cc(OC)c1OC. The van der Waals surface area contributed by atoms with Gasteiger partial charge in [0.15, 0.2) is 11.5 Å². The van der Waals surface area contributed by atoms with E-state index in [2.05, 4.69) is 4.90 Å². The van der Waals surface area contributed by atoms with Crippen LogP contribution >= 0.6 is 0 Å². The van der Waals surface area contributed by atoms with Crippen LogP contribution in [0.5, 0.6) is 17.2 Å². The van der Waals surface area contributed by atoms with Gasteiger partial charge >= 0.3 is 5.69 Å². The Hall–Kier alpha value is -4.68. The van der Waals surface area contributed by atoms with Crippen LogP contribution in [0.15, 0.2) is 70.3 Å². The van der Waals surface area contributed by atoms with E-state index >= 15 is 0 Å². The normalized spacial score (nSPS) is 14.3. The summed E-state index contributed by atoms with van der Waals surface area (Å²) in [7, 11) is 4.70. The van der Waals surface area contributed by atoms with Gasteiger partial charge in [0, 0.05) is 50.0 Å². The van der Waals surface area contributed by atoms with Gasteiger partial charge in [0.25, 0.3) is 5.56 Å². The van der Waals surface area contributed by atoms with Crippen molar-refractivity contribution in [2.75, 3.05) is 52.4 Å². The van der Waals surface area contributed by atoms with Gasteiger partial charge in [0.1, 0.15) is 17.3 Å². The van der Waals surface area contributed by atoms with Crippen molar-refractivity contribution >= 4 is 5.69 Å². The molecule has 1 saturated heterocycles. The fraction of sp³-hybridized carbons (Fsp3) is 0.353. The van der Waals surface area contributed by atoms with Gasteiger partial charge in [-0.1, -0.05) is 36.4 Å². The van der Waals surface area contributed by atoms with Crippen LogP contribution in [0.4, 0.5) is 14.5 Å². The van der Waals surface area contributed by atoms with Crippen LogP contribution < -0.4 is 36.1 Å². The standard InChI is InChI=1S/C34H39F2N5O5/c1-22-31(39-15-13-38(14-16-39)19-23-17-29(44-2)32(46-4)30(18-23)45-3)33(42)41(21-28(37)24-9-6-5-7-10-24)34(43)40(22)20-25-26(35)11-8-12-27(25)36/h5-12,17-18,28H,13-16,19-21,37H2,1-4H3/t28-/m0/s1. The maximum atomic E-state index is 14.7. The molecule has 46 heavy (non-hydrogen) atoms. The molecule has 244 valence electrons. The average molecular weight is 636 g/mol. The number of ether oxygens (including phenoxy) is 3. The highest BCUT2D eigenvalue weighted by atomic mass is 19.1. The Balaban J connectivity index is 1.46. The molecule has 0 bridgehead atoms. The largest absolute Gasteiger partial charge is 0.493 e. The highest BCUT2D eigenvalue weighted by Crippen LogP contribution is 2.38. The number of piperazine rings is 1. The molecule has 0 saturated carbocycles. The summed E-state index contributed by atoms with van der Waals surface area (Å²) in [6.45, 7) is 3.95. The summed E-state index contributed by atoms with van der Waals surface area (Å²) < 4.78 is 48.3. The van der Waals surface area contributed by atoms with Crippen molar-refractivity contribution in [2.45, 2.75) is 32.6 Å². The van der Waals surface area contributed by atoms with E-state index in [-0.39, 0.29) is 18.7 Å². The maximum Gasteiger partial charge on any atom is 0.331 e. The van der Waals surface area contributed by atoms with Gasteiger partial charge in [0.2, 0.25) is 5.75 Å². The van der Waals surface area contributed by atoms with Crippen molar-refractivity contribution in [3.8, 4) is 17.2 Å². The fourth-order valence-corrected chi connectivity index (χ4v) is 5.96. The number of benzene rings is 3. The van der Waals surface area contributed by atoms with Gasteiger partial charge in [-0.05, 0) is 42.3 Å². The summed E-state index contributed by atoms with van der Waals surface area (Å²) >= 11 is 0. The number of hydrogen-bond acceptors (Lipinski definition) is 8. The van der Waals surface area contributed by atoms with E-state index in [4.69, 9.17) is 19.9 Å². The number of anilines is 1. The fourth-order valence-electron chi connectivity index (χ4n) is 5.96. The Bertz CT molecular complexity index is 1760. The summed E-state index contributed by atoms with van der Waals surface area (Å²) in [5.74, 6) is 0.101. The van der Waals surface area contributed by atoms with Crippen LogP contribution in [0.1, 0.15) is 28.4 Å². The molecular weight excluding hydrogens is 596 g/mol. The minimum atomic E-state index is -0.771. The third-order valence-corrected chi connectivity index (χ3v) is 8.46. The Labute approximate surface area is 266 Å². The lowest BCUT2D eigenvalue weighted by molar-refractivity contribution is 0.248. The first-order valence-corrected chi connectivity index (χ1v) is 15.0. The number of halogens is 2. The summed E-state index contributed by atoms with van der Waals surface area (Å²) in [5, 5.41) is 0. The third-order valence-electron chi connectivity index (χ3n) is 8.46. The van der Waals surface area contributed by atoms with Gasteiger partial charge in [-0.15, -0.1) is 0 Å². The van der Waals surface area contributed by atoms with Crippen molar-refractivity contribution in [1.29, 1.82) is 0 Å². The van der Waals surface area contributed by atoms with E-state index in [0.717, 1.165) is 27.8 Å². The van der Waals surface area contributed by atoms with Crippen LogP contribution in [-0.2, 0) is 19.6 Å². The predicted molar refractivity (Wildman–Crippen MR) is 172 cm³/mol. The number of hydrogen-bond donors (Lipinski definition) is 1. The Morgan fingerprint density at radius 2 is 1.41 bits per heavy atom. The quantitative estimate of drug-likeness (QED) is 0.266. The highest BCUT2D eigenvalue weighted by molar-refractivity contribution is 5.54. The number of aromatic nitrogens is 2. The third kappa shape index (κ3) is 6.63. The molecule has 1 aromatic heterocycles. The molecule has 0 aliphatic carbocycles. The van der Waals surface area contributed by atoms with Crippen molar-refractivity contribution in [3.63, 3.8) is 0 Å². The Morgan fingerprint density at radius 3 is 1.98 bits per heavy atom. The number of rotatable bonds is 11. The van der Waals surface area contributed by atoms with E-state index in [1.807, 2.05) is 47.4 Å². The topological polar surface area (TPSA) is 104 Å². The minimum absolute atomic E-state index is 0.101.